The van der Waals surface area contributed by atoms with Crippen molar-refractivity contribution in [1.29, 1.82) is 0 Å². The van der Waals surface area contributed by atoms with Crippen LogP contribution >= 0.6 is 15.9 Å². The maximum Gasteiger partial charge on any atom is 0.259 e. The van der Waals surface area contributed by atoms with E-state index in [1.807, 2.05) is 32.0 Å². The molecule has 21 heavy (non-hydrogen) atoms. The summed E-state index contributed by atoms with van der Waals surface area (Å²) in [5.74, 6) is 0.270. The molecule has 0 aliphatic heterocycles. The summed E-state index contributed by atoms with van der Waals surface area (Å²) >= 11 is 3.42. The minimum atomic E-state index is -0.258. The quantitative estimate of drug-likeness (QED) is 0.826. The van der Waals surface area contributed by atoms with Crippen LogP contribution in [0.4, 0.5) is 11.4 Å². The van der Waals surface area contributed by atoms with E-state index in [-0.39, 0.29) is 5.91 Å². The molecule has 0 fully saturated rings. The molecule has 0 atom stereocenters. The van der Waals surface area contributed by atoms with Gasteiger partial charge in [-0.05, 0) is 59.6 Å². The number of carbonyl (C=O) groups excluding carboxylic acids is 1. The van der Waals surface area contributed by atoms with E-state index in [0.29, 0.717) is 22.7 Å². The maximum atomic E-state index is 12.5. The molecule has 2 aromatic carbocycles. The first kappa shape index (κ1) is 15.4. The van der Waals surface area contributed by atoms with Crippen LogP contribution in [-0.4, -0.2) is 13.0 Å². The van der Waals surface area contributed by atoms with Gasteiger partial charge in [-0.3, -0.25) is 4.79 Å². The van der Waals surface area contributed by atoms with Crippen LogP contribution in [0.25, 0.3) is 0 Å². The fourth-order valence-electron chi connectivity index (χ4n) is 2.08. The zero-order valence-electron chi connectivity index (χ0n) is 12.2. The fraction of sp³-hybridized carbons (Fsp3) is 0.188. The van der Waals surface area contributed by atoms with Crippen molar-refractivity contribution in [1.82, 2.24) is 0 Å². The summed E-state index contributed by atoms with van der Waals surface area (Å²) in [4.78, 5) is 12.5. The average molecular weight is 349 g/mol. The Labute approximate surface area is 132 Å². The zero-order chi connectivity index (χ0) is 15.6. The molecule has 110 valence electrons. The molecule has 0 saturated heterocycles. The van der Waals surface area contributed by atoms with Gasteiger partial charge in [-0.1, -0.05) is 11.6 Å². The molecule has 0 saturated carbocycles. The number of hydrogen-bond donors (Lipinski definition) is 2. The number of anilines is 2. The topological polar surface area (TPSA) is 64.3 Å². The molecule has 0 aliphatic rings. The molecule has 0 spiro atoms. The van der Waals surface area contributed by atoms with Crippen molar-refractivity contribution < 1.29 is 9.53 Å². The van der Waals surface area contributed by atoms with E-state index in [4.69, 9.17) is 10.5 Å². The van der Waals surface area contributed by atoms with Gasteiger partial charge in [-0.25, -0.2) is 0 Å². The van der Waals surface area contributed by atoms with E-state index in [1.54, 1.807) is 12.1 Å². The Morgan fingerprint density at radius 3 is 2.52 bits per heavy atom. The minimum Gasteiger partial charge on any atom is -0.496 e. The summed E-state index contributed by atoms with van der Waals surface area (Å²) < 4.78 is 5.98. The van der Waals surface area contributed by atoms with Gasteiger partial charge in [0, 0.05) is 4.47 Å². The lowest BCUT2D eigenvalue weighted by Gasteiger charge is -2.13. The van der Waals surface area contributed by atoms with E-state index >= 15 is 0 Å². The number of ether oxygens (including phenoxy) is 1. The molecule has 3 N–H and O–H groups in total. The summed E-state index contributed by atoms with van der Waals surface area (Å²) in [6.45, 7) is 3.86. The molecule has 0 aromatic heterocycles. The van der Waals surface area contributed by atoms with Crippen LogP contribution in [0.3, 0.4) is 0 Å². The molecule has 2 aromatic rings. The lowest BCUT2D eigenvalue weighted by atomic mass is 10.1. The lowest BCUT2D eigenvalue weighted by Crippen LogP contribution is -2.15. The number of methoxy groups -OCH3 is 1. The van der Waals surface area contributed by atoms with Gasteiger partial charge in [0.25, 0.3) is 5.91 Å². The highest BCUT2D eigenvalue weighted by atomic mass is 79.9. The van der Waals surface area contributed by atoms with Crippen LogP contribution in [0, 0.1) is 13.8 Å². The third-order valence-corrected chi connectivity index (χ3v) is 3.73. The van der Waals surface area contributed by atoms with E-state index in [1.165, 1.54) is 7.11 Å². The van der Waals surface area contributed by atoms with Crippen molar-refractivity contribution >= 4 is 33.2 Å². The van der Waals surface area contributed by atoms with E-state index in [0.717, 1.165) is 15.6 Å². The van der Waals surface area contributed by atoms with Crippen LogP contribution in [-0.2, 0) is 0 Å². The number of nitrogens with one attached hydrogen (secondary N) is 1. The Morgan fingerprint density at radius 1 is 1.19 bits per heavy atom. The molecule has 0 unspecified atom stereocenters. The smallest absolute Gasteiger partial charge is 0.259 e. The summed E-state index contributed by atoms with van der Waals surface area (Å²) in [5, 5.41) is 2.83. The van der Waals surface area contributed by atoms with Gasteiger partial charge < -0.3 is 15.8 Å². The summed E-state index contributed by atoms with van der Waals surface area (Å²) in [5.41, 5.74) is 9.53. The summed E-state index contributed by atoms with van der Waals surface area (Å²) in [6, 6.07) is 9.17. The van der Waals surface area contributed by atoms with Crippen molar-refractivity contribution in [3.63, 3.8) is 0 Å². The first-order chi connectivity index (χ1) is 9.92. The predicted octanol–water partition coefficient (Wildman–Crippen LogP) is 3.91. The second-order valence-corrected chi connectivity index (χ2v) is 5.72. The standard InChI is InChI=1S/C16H17BrN2O2/c1-9-4-5-14(21-3)11(6-9)16(20)19-15-12(17)7-10(2)8-13(15)18/h4-8H,18H2,1-3H3,(H,19,20). The fourth-order valence-corrected chi connectivity index (χ4v) is 2.77. The van der Waals surface area contributed by atoms with Crippen LogP contribution in [0.2, 0.25) is 0 Å². The molecular formula is C16H17BrN2O2. The number of nitrogens with two attached hydrogens (primary N) is 1. The zero-order valence-corrected chi connectivity index (χ0v) is 13.7. The number of amides is 1. The number of rotatable bonds is 3. The number of aryl methyl sites for hydroxylation is 2. The molecule has 0 heterocycles. The van der Waals surface area contributed by atoms with E-state index < -0.39 is 0 Å². The van der Waals surface area contributed by atoms with E-state index in [9.17, 15) is 4.79 Å². The van der Waals surface area contributed by atoms with Crippen molar-refractivity contribution in [3.05, 3.63) is 51.5 Å². The van der Waals surface area contributed by atoms with Crippen molar-refractivity contribution in [2.24, 2.45) is 0 Å². The number of benzene rings is 2. The van der Waals surface area contributed by atoms with Crippen LogP contribution < -0.4 is 15.8 Å². The van der Waals surface area contributed by atoms with Gasteiger partial charge in [0.15, 0.2) is 0 Å². The first-order valence-corrected chi connectivity index (χ1v) is 7.23. The maximum absolute atomic E-state index is 12.5. The van der Waals surface area contributed by atoms with Gasteiger partial charge in [-0.2, -0.15) is 0 Å². The van der Waals surface area contributed by atoms with Gasteiger partial charge >= 0.3 is 0 Å². The molecule has 1 amide bonds. The van der Waals surface area contributed by atoms with Gasteiger partial charge in [0.2, 0.25) is 0 Å². The van der Waals surface area contributed by atoms with Crippen molar-refractivity contribution in [3.8, 4) is 5.75 Å². The minimum absolute atomic E-state index is 0.258. The third-order valence-electron chi connectivity index (χ3n) is 3.10. The lowest BCUT2D eigenvalue weighted by molar-refractivity contribution is 0.102. The number of hydrogen-bond acceptors (Lipinski definition) is 3. The Morgan fingerprint density at radius 2 is 1.90 bits per heavy atom. The first-order valence-electron chi connectivity index (χ1n) is 6.44. The highest BCUT2D eigenvalue weighted by Gasteiger charge is 2.15. The molecule has 4 nitrogen and oxygen atoms in total. The predicted molar refractivity (Wildman–Crippen MR) is 89.0 cm³/mol. The number of halogens is 1. The molecule has 0 bridgehead atoms. The Balaban J connectivity index is 2.37. The number of carbonyl (C=O) groups is 1. The second-order valence-electron chi connectivity index (χ2n) is 4.87. The van der Waals surface area contributed by atoms with Gasteiger partial charge in [-0.15, -0.1) is 0 Å². The molecular weight excluding hydrogens is 332 g/mol. The van der Waals surface area contributed by atoms with Crippen LogP contribution in [0.5, 0.6) is 5.75 Å². The van der Waals surface area contributed by atoms with Crippen LogP contribution in [0.15, 0.2) is 34.8 Å². The SMILES string of the molecule is COc1ccc(C)cc1C(=O)Nc1c(N)cc(C)cc1Br. The summed E-state index contributed by atoms with van der Waals surface area (Å²) in [7, 11) is 1.54. The van der Waals surface area contributed by atoms with Gasteiger partial charge in [0.05, 0.1) is 24.0 Å². The second kappa shape index (κ2) is 6.18. The largest absolute Gasteiger partial charge is 0.496 e. The van der Waals surface area contributed by atoms with Crippen molar-refractivity contribution in [2.75, 3.05) is 18.2 Å². The Kier molecular flexibility index (Phi) is 4.53. The molecule has 5 heteroatoms. The third kappa shape index (κ3) is 3.36. The highest BCUT2D eigenvalue weighted by Crippen LogP contribution is 2.31. The summed E-state index contributed by atoms with van der Waals surface area (Å²) in [6.07, 6.45) is 0. The molecule has 0 radical (unpaired) electrons. The normalized spacial score (nSPS) is 10.3. The Bertz CT molecular complexity index is 676. The Hall–Kier alpha value is -2.01. The van der Waals surface area contributed by atoms with Crippen LogP contribution in [0.1, 0.15) is 21.5 Å². The number of nitrogen functional groups attached to an aromatic ring is 1. The monoisotopic (exact) mass is 348 g/mol. The highest BCUT2D eigenvalue weighted by molar-refractivity contribution is 9.10. The van der Waals surface area contributed by atoms with Crippen molar-refractivity contribution in [2.45, 2.75) is 13.8 Å². The van der Waals surface area contributed by atoms with Gasteiger partial charge in [0.1, 0.15) is 5.75 Å². The molecule has 0 aliphatic carbocycles. The molecule has 2 rings (SSSR count). The average Bonchev–Trinajstić information content (AvgIpc) is 2.42. The van der Waals surface area contributed by atoms with E-state index in [2.05, 4.69) is 21.2 Å².